The van der Waals surface area contributed by atoms with E-state index in [0.717, 1.165) is 22.2 Å². The minimum atomic E-state index is 0.827. The lowest BCUT2D eigenvalue weighted by Gasteiger charge is -1.98. The molecule has 0 amide bonds. The van der Waals surface area contributed by atoms with Crippen molar-refractivity contribution in [2.45, 2.75) is 0 Å². The predicted octanol–water partition coefficient (Wildman–Crippen LogP) is 2.13. The average Bonchev–Trinajstić information content (AvgIpc) is 2.75. The minimum Gasteiger partial charge on any atom is -0.256 e. The van der Waals surface area contributed by atoms with Crippen LogP contribution in [0.2, 0.25) is 0 Å². The Bertz CT molecular complexity index is 647. The van der Waals surface area contributed by atoms with Gasteiger partial charge in [0.15, 0.2) is 0 Å². The monoisotopic (exact) mass is 228 g/mol. The summed E-state index contributed by atoms with van der Waals surface area (Å²) < 4.78 is 1.60. The van der Waals surface area contributed by atoms with Crippen LogP contribution in [0.1, 0.15) is 0 Å². The van der Waals surface area contributed by atoms with E-state index in [1.807, 2.05) is 36.7 Å². The highest BCUT2D eigenvalue weighted by atomic mass is 31.0. The Kier molecular flexibility index (Phi) is 2.15. The predicted molar refractivity (Wildman–Crippen MR) is 65.9 cm³/mol. The number of hydrogen-bond acceptors (Lipinski definition) is 3. The third-order valence-corrected chi connectivity index (χ3v) is 2.65. The molecule has 0 fully saturated rings. The van der Waals surface area contributed by atoms with Crippen molar-refractivity contribution < 1.29 is 0 Å². The van der Waals surface area contributed by atoms with E-state index in [9.17, 15) is 0 Å². The molecule has 1 aromatic carbocycles. The standard InChI is InChI=1S/C11H9N4P/c16-15-7-11(13-14-15)9-5-8-3-1-2-4-10(8)12-6-9/h1-7H,16H2. The van der Waals surface area contributed by atoms with Gasteiger partial charge in [-0.2, -0.15) is 0 Å². The summed E-state index contributed by atoms with van der Waals surface area (Å²) >= 11 is 0. The maximum atomic E-state index is 4.38. The van der Waals surface area contributed by atoms with Gasteiger partial charge in [-0.1, -0.05) is 23.4 Å². The van der Waals surface area contributed by atoms with E-state index in [1.54, 1.807) is 4.45 Å². The maximum absolute atomic E-state index is 4.38. The van der Waals surface area contributed by atoms with E-state index >= 15 is 0 Å². The first-order valence-corrected chi connectivity index (χ1v) is 5.37. The van der Waals surface area contributed by atoms with Crippen molar-refractivity contribution in [3.05, 3.63) is 42.7 Å². The molecule has 2 heterocycles. The molecule has 3 rings (SSSR count). The van der Waals surface area contributed by atoms with E-state index in [-0.39, 0.29) is 0 Å². The topological polar surface area (TPSA) is 43.6 Å². The minimum absolute atomic E-state index is 0.827. The molecule has 0 radical (unpaired) electrons. The van der Waals surface area contributed by atoms with Gasteiger partial charge in [0, 0.05) is 17.1 Å². The van der Waals surface area contributed by atoms with Crippen LogP contribution < -0.4 is 0 Å². The highest BCUT2D eigenvalue weighted by Crippen LogP contribution is 2.20. The summed E-state index contributed by atoms with van der Waals surface area (Å²) in [5.41, 5.74) is 2.80. The summed E-state index contributed by atoms with van der Waals surface area (Å²) in [6.07, 6.45) is 3.66. The van der Waals surface area contributed by atoms with Crippen LogP contribution in [0.4, 0.5) is 0 Å². The lowest BCUT2D eigenvalue weighted by Crippen LogP contribution is -1.82. The van der Waals surface area contributed by atoms with Crippen molar-refractivity contribution in [2.75, 3.05) is 0 Å². The van der Waals surface area contributed by atoms with Crippen molar-refractivity contribution in [3.8, 4) is 11.3 Å². The van der Waals surface area contributed by atoms with Crippen LogP contribution in [0, 0.1) is 0 Å². The fraction of sp³-hybridized carbons (Fsp3) is 0. The Balaban J connectivity index is 2.18. The van der Waals surface area contributed by atoms with Crippen LogP contribution in [0.5, 0.6) is 0 Å². The molecule has 4 nitrogen and oxygen atoms in total. The molecule has 3 aromatic rings. The average molecular weight is 228 g/mol. The van der Waals surface area contributed by atoms with Gasteiger partial charge in [0.05, 0.1) is 11.7 Å². The van der Waals surface area contributed by atoms with Gasteiger partial charge in [-0.05, 0) is 21.5 Å². The summed E-state index contributed by atoms with van der Waals surface area (Å²) in [6, 6.07) is 10.1. The first kappa shape index (κ1) is 9.43. The zero-order valence-electron chi connectivity index (χ0n) is 8.41. The fourth-order valence-corrected chi connectivity index (χ4v) is 1.81. The number of fused-ring (bicyclic) bond motifs is 1. The van der Waals surface area contributed by atoms with Crippen LogP contribution in [0.25, 0.3) is 22.2 Å². The number of pyridine rings is 1. The first-order valence-electron chi connectivity index (χ1n) is 4.85. The molecule has 1 unspecified atom stereocenters. The summed E-state index contributed by atoms with van der Waals surface area (Å²) in [5, 5.41) is 9.03. The molecule has 0 saturated carbocycles. The van der Waals surface area contributed by atoms with Crippen molar-refractivity contribution >= 4 is 20.3 Å². The van der Waals surface area contributed by atoms with Crippen molar-refractivity contribution in [2.24, 2.45) is 0 Å². The largest absolute Gasteiger partial charge is 0.256 e. The van der Waals surface area contributed by atoms with Gasteiger partial charge in [0.2, 0.25) is 0 Å². The SMILES string of the molecule is Pn1cc(-c2cnc3ccccc3c2)nn1. The Morgan fingerprint density at radius 3 is 2.88 bits per heavy atom. The maximum Gasteiger partial charge on any atom is 0.114 e. The lowest BCUT2D eigenvalue weighted by molar-refractivity contribution is 0.892. The lowest BCUT2D eigenvalue weighted by atomic mass is 10.1. The van der Waals surface area contributed by atoms with Crippen LogP contribution in [-0.2, 0) is 0 Å². The van der Waals surface area contributed by atoms with Gasteiger partial charge in [0.25, 0.3) is 0 Å². The molecule has 1 atom stereocenters. The molecule has 0 aliphatic rings. The highest BCUT2D eigenvalue weighted by molar-refractivity contribution is 7.14. The zero-order chi connectivity index (χ0) is 11.0. The Labute approximate surface area is 94.6 Å². The van der Waals surface area contributed by atoms with Crippen molar-refractivity contribution in [3.63, 3.8) is 0 Å². The Morgan fingerprint density at radius 2 is 2.06 bits per heavy atom. The molecule has 78 valence electrons. The molecule has 0 aliphatic carbocycles. The summed E-state index contributed by atoms with van der Waals surface area (Å²) in [7, 11) is 2.45. The van der Waals surface area contributed by atoms with E-state index in [1.165, 1.54) is 0 Å². The molecule has 2 aromatic heterocycles. The number of hydrogen-bond donors (Lipinski definition) is 0. The molecular formula is C11H9N4P. The quantitative estimate of drug-likeness (QED) is 0.599. The van der Waals surface area contributed by atoms with Gasteiger partial charge in [-0.15, -0.1) is 5.10 Å². The second kappa shape index (κ2) is 3.65. The summed E-state index contributed by atoms with van der Waals surface area (Å²) in [4.78, 5) is 4.38. The van der Waals surface area contributed by atoms with E-state index in [4.69, 9.17) is 0 Å². The smallest absolute Gasteiger partial charge is 0.114 e. The number of benzene rings is 1. The molecule has 5 heteroatoms. The second-order valence-corrected chi connectivity index (χ2v) is 4.03. The summed E-state index contributed by atoms with van der Waals surface area (Å²) in [5.74, 6) is 0. The zero-order valence-corrected chi connectivity index (χ0v) is 9.56. The van der Waals surface area contributed by atoms with Gasteiger partial charge < -0.3 is 0 Å². The van der Waals surface area contributed by atoms with Gasteiger partial charge in [0.1, 0.15) is 5.69 Å². The van der Waals surface area contributed by atoms with Crippen LogP contribution in [-0.4, -0.2) is 19.7 Å². The van der Waals surface area contributed by atoms with Crippen LogP contribution in [0.3, 0.4) is 0 Å². The number of aromatic nitrogens is 4. The number of rotatable bonds is 1. The number of para-hydroxylation sites is 1. The van der Waals surface area contributed by atoms with E-state index in [2.05, 4.69) is 30.8 Å². The third kappa shape index (κ3) is 1.57. The molecule has 0 saturated heterocycles. The normalized spacial score (nSPS) is 10.8. The van der Waals surface area contributed by atoms with Gasteiger partial charge in [-0.3, -0.25) is 4.98 Å². The van der Waals surface area contributed by atoms with E-state index in [0.29, 0.717) is 0 Å². The van der Waals surface area contributed by atoms with Gasteiger partial charge >= 0.3 is 0 Å². The molecular weight excluding hydrogens is 219 g/mol. The Hall–Kier alpha value is -1.80. The van der Waals surface area contributed by atoms with E-state index < -0.39 is 0 Å². The molecule has 16 heavy (non-hydrogen) atoms. The summed E-state index contributed by atoms with van der Waals surface area (Å²) in [6.45, 7) is 0. The third-order valence-electron chi connectivity index (χ3n) is 2.40. The van der Waals surface area contributed by atoms with Gasteiger partial charge in [-0.25, -0.2) is 4.45 Å². The number of nitrogens with zero attached hydrogens (tertiary/aromatic N) is 4. The first-order chi connectivity index (χ1) is 7.83. The molecule has 0 aliphatic heterocycles. The highest BCUT2D eigenvalue weighted by Gasteiger charge is 2.03. The fourth-order valence-electron chi connectivity index (χ4n) is 1.62. The van der Waals surface area contributed by atoms with Crippen molar-refractivity contribution in [1.29, 1.82) is 0 Å². The second-order valence-electron chi connectivity index (χ2n) is 3.50. The molecule has 0 spiro atoms. The molecule has 0 bridgehead atoms. The van der Waals surface area contributed by atoms with Crippen LogP contribution >= 0.6 is 9.39 Å². The van der Waals surface area contributed by atoms with Crippen LogP contribution in [0.15, 0.2) is 42.7 Å². The van der Waals surface area contributed by atoms with Crippen molar-refractivity contribution in [1.82, 2.24) is 19.7 Å². The molecule has 0 N–H and O–H groups in total. The Morgan fingerprint density at radius 1 is 1.19 bits per heavy atom.